The van der Waals surface area contributed by atoms with E-state index < -0.39 is 41.8 Å². The molecule has 13 nitrogen and oxygen atoms in total. The number of aliphatic carboxylic acids is 2. The third kappa shape index (κ3) is 5.63. The van der Waals surface area contributed by atoms with E-state index in [4.69, 9.17) is 9.84 Å². The van der Waals surface area contributed by atoms with Crippen LogP contribution >= 0.6 is 23.5 Å². The number of benzene rings is 1. The van der Waals surface area contributed by atoms with Crippen LogP contribution in [0.5, 0.6) is 5.75 Å². The molecule has 2 aliphatic rings. The fraction of sp³-hybridized carbons (Fsp3) is 0.333. The van der Waals surface area contributed by atoms with Crippen molar-refractivity contribution in [3.05, 3.63) is 46.9 Å². The molecule has 0 aliphatic carbocycles. The van der Waals surface area contributed by atoms with Crippen molar-refractivity contribution in [3.63, 3.8) is 0 Å². The quantitative estimate of drug-likeness (QED) is 0.194. The summed E-state index contributed by atoms with van der Waals surface area (Å²) in [6.45, 7) is -0.576. The molecule has 1 saturated heterocycles. The molecule has 1 fully saturated rings. The number of aromatic hydroxyl groups is 1. The Morgan fingerprint density at radius 1 is 1.28 bits per heavy atom. The van der Waals surface area contributed by atoms with E-state index in [0.717, 1.165) is 0 Å². The maximum Gasteiger partial charge on any atom is 0.352 e. The second kappa shape index (κ2) is 11.0. The van der Waals surface area contributed by atoms with Crippen LogP contribution in [0, 0.1) is 0 Å². The van der Waals surface area contributed by atoms with E-state index in [1.807, 2.05) is 0 Å². The van der Waals surface area contributed by atoms with E-state index in [2.05, 4.69) is 20.5 Å². The largest absolute Gasteiger partial charge is 0.508 e. The van der Waals surface area contributed by atoms with E-state index in [9.17, 15) is 29.4 Å². The van der Waals surface area contributed by atoms with Crippen LogP contribution < -0.4 is 5.32 Å². The fourth-order valence-corrected chi connectivity index (χ4v) is 5.95. The molecule has 0 bridgehead atoms. The van der Waals surface area contributed by atoms with Crippen molar-refractivity contribution < 1.29 is 39.2 Å². The van der Waals surface area contributed by atoms with Gasteiger partial charge in [0.15, 0.2) is 11.0 Å². The van der Waals surface area contributed by atoms with Gasteiger partial charge in [0.05, 0.1) is 6.42 Å². The third-order valence-corrected chi connectivity index (χ3v) is 7.55. The van der Waals surface area contributed by atoms with E-state index >= 15 is 0 Å². The number of para-hydroxylation sites is 1. The molecule has 4 rings (SSSR count). The topological polar surface area (TPSA) is 195 Å². The van der Waals surface area contributed by atoms with E-state index in [1.54, 1.807) is 18.2 Å². The number of β-lactam (4-membered cyclic amide) rings is 1. The minimum Gasteiger partial charge on any atom is -0.508 e. The van der Waals surface area contributed by atoms with Gasteiger partial charge in [0.1, 0.15) is 36.1 Å². The minimum atomic E-state index is -1.25. The molecule has 2 aromatic rings. The van der Waals surface area contributed by atoms with Gasteiger partial charge in [-0.15, -0.1) is 11.8 Å². The van der Waals surface area contributed by atoms with Crippen molar-refractivity contribution in [2.45, 2.75) is 29.6 Å². The number of aromatic nitrogens is 3. The summed E-state index contributed by atoms with van der Waals surface area (Å²) in [6.07, 6.45) is -0.113. The average molecular weight is 536 g/mol. The smallest absolute Gasteiger partial charge is 0.352 e. The summed E-state index contributed by atoms with van der Waals surface area (Å²) < 4.78 is 4.93. The van der Waals surface area contributed by atoms with Crippen molar-refractivity contribution in [1.82, 2.24) is 25.4 Å². The molecule has 1 unspecified atom stereocenters. The number of ether oxygens (including phenoxy) is 1. The van der Waals surface area contributed by atoms with Crippen molar-refractivity contribution in [2.75, 3.05) is 18.1 Å². The molecule has 2 aliphatic heterocycles. The Kier molecular flexibility index (Phi) is 7.81. The molecule has 36 heavy (non-hydrogen) atoms. The number of aromatic amines is 1. The maximum atomic E-state index is 12.8. The number of carboxylic acids is 2. The number of amides is 2. The first-order valence-electron chi connectivity index (χ1n) is 10.5. The second-order valence-corrected chi connectivity index (χ2v) is 9.82. The molecule has 0 spiro atoms. The van der Waals surface area contributed by atoms with Crippen molar-refractivity contribution in [3.8, 4) is 5.75 Å². The highest BCUT2D eigenvalue weighted by atomic mass is 32.2. The molecular weight excluding hydrogens is 514 g/mol. The van der Waals surface area contributed by atoms with E-state index in [0.29, 0.717) is 22.0 Å². The maximum absolute atomic E-state index is 12.8. The number of H-pyrrole nitrogens is 1. The van der Waals surface area contributed by atoms with Crippen molar-refractivity contribution >= 4 is 47.3 Å². The van der Waals surface area contributed by atoms with Crippen molar-refractivity contribution in [2.24, 2.45) is 0 Å². The lowest BCUT2D eigenvalue weighted by Gasteiger charge is -2.49. The van der Waals surface area contributed by atoms with E-state index in [1.165, 1.54) is 34.5 Å². The summed E-state index contributed by atoms with van der Waals surface area (Å²) in [5.41, 5.74) is 0.817. The average Bonchev–Trinajstić information content (AvgIpc) is 3.29. The van der Waals surface area contributed by atoms with Gasteiger partial charge in [0, 0.05) is 17.1 Å². The molecule has 1 aromatic carbocycles. The number of hydrogen-bond donors (Lipinski definition) is 5. The van der Waals surface area contributed by atoms with Crippen LogP contribution in [0.3, 0.4) is 0 Å². The van der Waals surface area contributed by atoms with Crippen LogP contribution in [-0.2, 0) is 36.9 Å². The van der Waals surface area contributed by atoms with Gasteiger partial charge < -0.3 is 25.4 Å². The van der Waals surface area contributed by atoms with Gasteiger partial charge in [-0.05, 0) is 11.6 Å². The Morgan fingerprint density at radius 3 is 2.78 bits per heavy atom. The molecule has 190 valence electrons. The van der Waals surface area contributed by atoms with Crippen LogP contribution in [0.25, 0.3) is 0 Å². The number of rotatable bonds is 11. The second-order valence-electron chi connectivity index (χ2n) is 7.75. The first kappa shape index (κ1) is 25.5. The highest BCUT2D eigenvalue weighted by Crippen LogP contribution is 2.41. The van der Waals surface area contributed by atoms with Crippen LogP contribution in [-0.4, -0.2) is 88.7 Å². The standard InChI is InChI=1S/C21H21N5O8S2/c27-12-4-2-1-3-10(12)5-14(28)23-16-18(31)26-17(20(32)33)11(8-35-19(16)26)9-36-21-22-13(24-25-21)6-34-7-15(29)30/h1-4,16,19,27H,5-9H2,(H,23,28)(H,29,30)(H,32,33)(H,22,24,25)/t16?,19-/m1/s1. The number of fused-ring (bicyclic) bond motifs is 1. The van der Waals surface area contributed by atoms with Gasteiger partial charge in [0.25, 0.3) is 5.91 Å². The number of carbonyl (C=O) groups excluding carboxylic acids is 2. The van der Waals surface area contributed by atoms with Crippen LogP contribution in [0.4, 0.5) is 0 Å². The molecule has 2 atom stereocenters. The summed E-state index contributed by atoms with van der Waals surface area (Å²) in [5.74, 6) is -2.54. The van der Waals surface area contributed by atoms with Gasteiger partial charge >= 0.3 is 11.9 Å². The molecule has 5 N–H and O–H groups in total. The number of carbonyl (C=O) groups is 4. The Bertz CT molecular complexity index is 1230. The normalized spacial score (nSPS) is 19.0. The zero-order valence-corrected chi connectivity index (χ0v) is 20.2. The summed E-state index contributed by atoms with van der Waals surface area (Å²) in [7, 11) is 0. The lowest BCUT2D eigenvalue weighted by molar-refractivity contribution is -0.150. The zero-order valence-electron chi connectivity index (χ0n) is 18.5. The Balaban J connectivity index is 1.37. The predicted octanol–water partition coefficient (Wildman–Crippen LogP) is 0.185. The number of nitrogens with one attached hydrogen (secondary N) is 2. The summed E-state index contributed by atoms with van der Waals surface area (Å²) in [6, 6.07) is 5.53. The molecule has 2 amide bonds. The fourth-order valence-electron chi connectivity index (χ4n) is 3.65. The number of nitrogens with zero attached hydrogens (tertiary/aromatic N) is 3. The lowest BCUT2D eigenvalue weighted by atomic mass is 10.0. The predicted molar refractivity (Wildman–Crippen MR) is 126 cm³/mol. The monoisotopic (exact) mass is 535 g/mol. The van der Waals surface area contributed by atoms with Gasteiger partial charge in [-0.25, -0.2) is 14.6 Å². The van der Waals surface area contributed by atoms with Crippen molar-refractivity contribution in [1.29, 1.82) is 0 Å². The van der Waals surface area contributed by atoms with Crippen LogP contribution in [0.2, 0.25) is 0 Å². The molecule has 0 saturated carbocycles. The summed E-state index contributed by atoms with van der Waals surface area (Å²) >= 11 is 2.53. The molecule has 3 heterocycles. The summed E-state index contributed by atoms with van der Waals surface area (Å²) in [5, 5.41) is 37.3. The minimum absolute atomic E-state index is 0.0221. The Morgan fingerprint density at radius 2 is 2.06 bits per heavy atom. The SMILES string of the molecule is O=C(O)COCc1n[nH]c(SCC2=C(C(=O)O)N3C(=O)C(NC(=O)Cc4ccccc4O)[C@H]3SC2)n1. The number of carboxylic acid groups (broad SMARTS) is 2. The summed E-state index contributed by atoms with van der Waals surface area (Å²) in [4.78, 5) is 53.1. The number of phenols is 1. The van der Waals surface area contributed by atoms with Crippen LogP contribution in [0.1, 0.15) is 11.4 Å². The Hall–Kier alpha value is -3.56. The zero-order chi connectivity index (χ0) is 25.8. The number of hydrogen-bond acceptors (Lipinski definition) is 10. The number of phenolic OH excluding ortho intramolecular Hbond substituents is 1. The lowest BCUT2D eigenvalue weighted by Crippen LogP contribution is -2.70. The molecule has 0 radical (unpaired) electrons. The highest BCUT2D eigenvalue weighted by Gasteiger charge is 2.54. The first-order valence-corrected chi connectivity index (χ1v) is 12.6. The van der Waals surface area contributed by atoms with Gasteiger partial charge in [-0.1, -0.05) is 30.0 Å². The van der Waals surface area contributed by atoms with Crippen LogP contribution in [0.15, 0.2) is 40.7 Å². The number of thioether (sulfide) groups is 2. The Labute approximate surface area is 212 Å². The van der Waals surface area contributed by atoms with E-state index in [-0.39, 0.29) is 36.1 Å². The third-order valence-electron chi connectivity index (χ3n) is 5.26. The molecule has 1 aromatic heterocycles. The van der Waals surface area contributed by atoms with Gasteiger partial charge in [0.2, 0.25) is 5.91 Å². The van der Waals surface area contributed by atoms with Gasteiger partial charge in [-0.3, -0.25) is 19.6 Å². The molecule has 15 heteroatoms. The first-order chi connectivity index (χ1) is 17.2. The highest BCUT2D eigenvalue weighted by molar-refractivity contribution is 8.01. The van der Waals surface area contributed by atoms with Gasteiger partial charge in [-0.2, -0.15) is 5.10 Å². The molecular formula is C21H21N5O8S2.